The molecule has 2 aromatic carbocycles. The van der Waals surface area contributed by atoms with Crippen LogP contribution in [0.2, 0.25) is 0 Å². The molecule has 0 bridgehead atoms. The monoisotopic (exact) mass is 270 g/mol. The molecule has 2 heteroatoms. The summed E-state index contributed by atoms with van der Waals surface area (Å²) in [5.74, 6) is 0. The minimum absolute atomic E-state index is 0.669. The number of benzene rings is 2. The van der Waals surface area contributed by atoms with Crippen molar-refractivity contribution in [3.8, 4) is 28.5 Å². The smallest absolute Gasteiger partial charge is 0.0991 e. The summed E-state index contributed by atoms with van der Waals surface area (Å²) in [6.07, 6.45) is 1.87. The van der Waals surface area contributed by atoms with Crippen molar-refractivity contribution in [2.24, 2.45) is 0 Å². The maximum Gasteiger partial charge on any atom is 0.0991 e. The fourth-order valence-corrected chi connectivity index (χ4v) is 2.34. The Bertz CT molecular complexity index is 797. The van der Waals surface area contributed by atoms with Gasteiger partial charge in [0.05, 0.1) is 17.3 Å². The van der Waals surface area contributed by atoms with Crippen LogP contribution in [-0.2, 0) is 0 Å². The molecule has 0 spiro atoms. The van der Waals surface area contributed by atoms with Gasteiger partial charge in [-0.2, -0.15) is 5.26 Å². The van der Waals surface area contributed by atoms with Crippen LogP contribution in [0.1, 0.15) is 11.1 Å². The van der Waals surface area contributed by atoms with Crippen LogP contribution in [0.3, 0.4) is 0 Å². The molecule has 1 aromatic heterocycles. The molecule has 0 N–H and O–H groups in total. The summed E-state index contributed by atoms with van der Waals surface area (Å²) in [4.78, 5) is 4.54. The quantitative estimate of drug-likeness (QED) is 0.682. The number of hydrogen-bond acceptors (Lipinski definition) is 2. The van der Waals surface area contributed by atoms with E-state index in [1.807, 2.05) is 67.7 Å². The third kappa shape index (κ3) is 2.68. The van der Waals surface area contributed by atoms with Gasteiger partial charge in [0.1, 0.15) is 0 Å². The number of nitriles is 1. The summed E-state index contributed by atoms with van der Waals surface area (Å²) in [6.45, 7) is 2.04. The lowest BCUT2D eigenvalue weighted by molar-refractivity contribution is 1.31. The predicted molar refractivity (Wildman–Crippen MR) is 84.6 cm³/mol. The molecule has 0 fully saturated rings. The summed E-state index contributed by atoms with van der Waals surface area (Å²) in [6, 6.07) is 22.1. The van der Waals surface area contributed by atoms with E-state index in [9.17, 15) is 0 Å². The highest BCUT2D eigenvalue weighted by Crippen LogP contribution is 2.26. The minimum Gasteiger partial charge on any atom is -0.256 e. The second kappa shape index (κ2) is 5.60. The number of nitrogens with zero attached hydrogens (tertiary/aromatic N) is 2. The Hall–Kier alpha value is -2.92. The summed E-state index contributed by atoms with van der Waals surface area (Å²) in [5.41, 5.74) is 5.96. The van der Waals surface area contributed by atoms with Crippen LogP contribution in [-0.4, -0.2) is 4.98 Å². The topological polar surface area (TPSA) is 36.7 Å². The summed E-state index contributed by atoms with van der Waals surface area (Å²) in [7, 11) is 0. The largest absolute Gasteiger partial charge is 0.256 e. The zero-order valence-corrected chi connectivity index (χ0v) is 11.7. The molecule has 100 valence electrons. The average molecular weight is 270 g/mol. The maximum absolute atomic E-state index is 9.03. The molecule has 1 heterocycles. The number of rotatable bonds is 2. The molecule has 2 nitrogen and oxygen atoms in total. The molecule has 0 amide bonds. The van der Waals surface area contributed by atoms with Crippen LogP contribution in [0.25, 0.3) is 22.4 Å². The van der Waals surface area contributed by atoms with Gasteiger partial charge < -0.3 is 0 Å². The van der Waals surface area contributed by atoms with Gasteiger partial charge in [0.2, 0.25) is 0 Å². The first-order chi connectivity index (χ1) is 10.3. The summed E-state index contributed by atoms with van der Waals surface area (Å²) < 4.78 is 0. The Balaban J connectivity index is 2.00. The fourth-order valence-electron chi connectivity index (χ4n) is 2.34. The lowest BCUT2D eigenvalue weighted by Gasteiger charge is -2.07. The van der Waals surface area contributed by atoms with E-state index >= 15 is 0 Å². The van der Waals surface area contributed by atoms with E-state index in [0.717, 1.165) is 27.9 Å². The van der Waals surface area contributed by atoms with Gasteiger partial charge in [-0.1, -0.05) is 42.5 Å². The van der Waals surface area contributed by atoms with Crippen molar-refractivity contribution >= 4 is 0 Å². The van der Waals surface area contributed by atoms with Gasteiger partial charge in [-0.25, -0.2) is 0 Å². The molecule has 0 aliphatic heterocycles. The average Bonchev–Trinajstić information content (AvgIpc) is 2.56. The van der Waals surface area contributed by atoms with E-state index < -0.39 is 0 Å². The molecule has 0 aliphatic carbocycles. The number of pyridine rings is 1. The highest BCUT2D eigenvalue weighted by Gasteiger charge is 2.05. The van der Waals surface area contributed by atoms with E-state index in [4.69, 9.17) is 5.26 Å². The van der Waals surface area contributed by atoms with Gasteiger partial charge in [0.25, 0.3) is 0 Å². The summed E-state index contributed by atoms with van der Waals surface area (Å²) in [5, 5.41) is 9.03. The fraction of sp³-hybridized carbons (Fsp3) is 0.0526. The third-order valence-electron chi connectivity index (χ3n) is 3.51. The second-order valence-corrected chi connectivity index (χ2v) is 4.94. The maximum atomic E-state index is 9.03. The van der Waals surface area contributed by atoms with Crippen molar-refractivity contribution in [2.75, 3.05) is 0 Å². The predicted octanol–water partition coefficient (Wildman–Crippen LogP) is 4.60. The first kappa shape index (κ1) is 13.1. The lowest BCUT2D eigenvalue weighted by atomic mass is 9.99. The van der Waals surface area contributed by atoms with Crippen LogP contribution in [0.4, 0.5) is 0 Å². The molecule has 0 saturated carbocycles. The van der Waals surface area contributed by atoms with Crippen LogP contribution >= 0.6 is 0 Å². The van der Waals surface area contributed by atoms with E-state index in [-0.39, 0.29) is 0 Å². The Morgan fingerprint density at radius 3 is 2.38 bits per heavy atom. The molecule has 0 saturated heterocycles. The Morgan fingerprint density at radius 2 is 1.71 bits per heavy atom. The number of hydrogen-bond donors (Lipinski definition) is 0. The zero-order valence-electron chi connectivity index (χ0n) is 11.7. The van der Waals surface area contributed by atoms with Crippen molar-refractivity contribution in [1.82, 2.24) is 4.98 Å². The molecule has 0 unspecified atom stereocenters. The van der Waals surface area contributed by atoms with Gasteiger partial charge in [-0.15, -0.1) is 0 Å². The van der Waals surface area contributed by atoms with E-state index in [1.54, 1.807) is 0 Å². The molecule has 0 atom stereocenters. The SMILES string of the molecule is Cc1ccc(C#N)cc1-c1ccc(-c2ccccc2)nc1. The highest BCUT2D eigenvalue weighted by molar-refractivity contribution is 5.70. The van der Waals surface area contributed by atoms with Crippen molar-refractivity contribution < 1.29 is 0 Å². The first-order valence-electron chi connectivity index (χ1n) is 6.80. The molecular weight excluding hydrogens is 256 g/mol. The van der Waals surface area contributed by atoms with Crippen molar-refractivity contribution in [2.45, 2.75) is 6.92 Å². The third-order valence-corrected chi connectivity index (χ3v) is 3.51. The normalized spacial score (nSPS) is 10.1. The van der Waals surface area contributed by atoms with Crippen molar-refractivity contribution in [3.05, 3.63) is 78.0 Å². The Kier molecular flexibility index (Phi) is 3.49. The zero-order chi connectivity index (χ0) is 14.7. The second-order valence-electron chi connectivity index (χ2n) is 4.94. The standard InChI is InChI=1S/C19H14N2/c1-14-7-8-15(12-20)11-18(14)17-9-10-19(21-13-17)16-5-3-2-4-6-16/h2-11,13H,1H3. The van der Waals surface area contributed by atoms with Crippen molar-refractivity contribution in [3.63, 3.8) is 0 Å². The molecule has 21 heavy (non-hydrogen) atoms. The lowest BCUT2D eigenvalue weighted by Crippen LogP contribution is -1.88. The molecular formula is C19H14N2. The first-order valence-corrected chi connectivity index (χ1v) is 6.80. The van der Waals surface area contributed by atoms with Crippen LogP contribution in [0, 0.1) is 18.3 Å². The summed E-state index contributed by atoms with van der Waals surface area (Å²) >= 11 is 0. The van der Waals surface area contributed by atoms with E-state index in [2.05, 4.69) is 17.1 Å². The number of aromatic nitrogens is 1. The van der Waals surface area contributed by atoms with Gasteiger partial charge >= 0.3 is 0 Å². The van der Waals surface area contributed by atoms with Gasteiger partial charge in [0, 0.05) is 17.3 Å². The van der Waals surface area contributed by atoms with Crippen LogP contribution < -0.4 is 0 Å². The molecule has 0 radical (unpaired) electrons. The Labute approximate surface area is 124 Å². The molecule has 3 rings (SSSR count). The van der Waals surface area contributed by atoms with E-state index in [0.29, 0.717) is 5.56 Å². The van der Waals surface area contributed by atoms with E-state index in [1.165, 1.54) is 0 Å². The number of aryl methyl sites for hydroxylation is 1. The molecule has 3 aromatic rings. The van der Waals surface area contributed by atoms with Crippen LogP contribution in [0.15, 0.2) is 66.9 Å². The molecule has 0 aliphatic rings. The van der Waals surface area contributed by atoms with Gasteiger partial charge in [-0.3, -0.25) is 4.98 Å². The Morgan fingerprint density at radius 1 is 0.905 bits per heavy atom. The van der Waals surface area contributed by atoms with Gasteiger partial charge in [-0.05, 0) is 36.2 Å². The van der Waals surface area contributed by atoms with Gasteiger partial charge in [0.15, 0.2) is 0 Å². The van der Waals surface area contributed by atoms with Crippen molar-refractivity contribution in [1.29, 1.82) is 5.26 Å². The minimum atomic E-state index is 0.669. The highest BCUT2D eigenvalue weighted by atomic mass is 14.7. The van der Waals surface area contributed by atoms with Crippen LogP contribution in [0.5, 0.6) is 0 Å².